The van der Waals surface area contributed by atoms with Gasteiger partial charge in [0.1, 0.15) is 6.04 Å². The Morgan fingerprint density at radius 3 is 2.22 bits per heavy atom. The van der Waals surface area contributed by atoms with Gasteiger partial charge >= 0.3 is 0 Å². The van der Waals surface area contributed by atoms with Gasteiger partial charge in [0.15, 0.2) is 6.19 Å². The number of nitrogens with zero attached hydrogens (tertiary/aromatic N) is 2. The van der Waals surface area contributed by atoms with Crippen molar-refractivity contribution in [2.75, 3.05) is 6.54 Å². The lowest BCUT2D eigenvalue weighted by molar-refractivity contribution is -0.133. The molecule has 0 bridgehead atoms. The van der Waals surface area contributed by atoms with E-state index in [1.165, 1.54) is 0 Å². The molecule has 0 aliphatic rings. The molecular weight excluding hydrogens is 402 g/mol. The van der Waals surface area contributed by atoms with Crippen LogP contribution in [0.25, 0.3) is 21.8 Å². The summed E-state index contributed by atoms with van der Waals surface area (Å²) in [5.41, 5.74) is 3.97. The van der Waals surface area contributed by atoms with E-state index in [0.717, 1.165) is 37.8 Å². The van der Waals surface area contributed by atoms with Crippen LogP contribution in [0.1, 0.15) is 24.5 Å². The van der Waals surface area contributed by atoms with Crippen molar-refractivity contribution >= 4 is 33.6 Å². The standard InChI is InChI=1S/C25H25N5O2/c1-2-30(16-26)25(32)23(13-18-15-28-22-10-6-4-8-20(18)22)29-24(31)12-11-17-14-27-21-9-5-3-7-19(17)21/h3-10,14-15,23,27-28H,2,11-13H2,1H3,(H,29,31). The van der Waals surface area contributed by atoms with E-state index in [4.69, 9.17) is 0 Å². The SMILES string of the molecule is CCN(C#N)C(=O)C(Cc1c[nH]c2ccccc12)NC(=O)CCc1c[nH]c2ccccc12. The van der Waals surface area contributed by atoms with E-state index in [1.807, 2.05) is 67.1 Å². The van der Waals surface area contributed by atoms with Gasteiger partial charge in [-0.25, -0.2) is 4.90 Å². The normalized spacial score (nSPS) is 11.9. The van der Waals surface area contributed by atoms with E-state index in [0.29, 0.717) is 12.8 Å². The van der Waals surface area contributed by atoms with Crippen LogP contribution in [0.4, 0.5) is 0 Å². The minimum absolute atomic E-state index is 0.220. The summed E-state index contributed by atoms with van der Waals surface area (Å²) < 4.78 is 0. The topological polar surface area (TPSA) is 105 Å². The highest BCUT2D eigenvalue weighted by Crippen LogP contribution is 2.21. The van der Waals surface area contributed by atoms with E-state index in [2.05, 4.69) is 15.3 Å². The monoisotopic (exact) mass is 427 g/mol. The van der Waals surface area contributed by atoms with Crippen molar-refractivity contribution in [1.82, 2.24) is 20.2 Å². The van der Waals surface area contributed by atoms with Crippen LogP contribution < -0.4 is 5.32 Å². The second-order valence-corrected chi connectivity index (χ2v) is 7.73. The van der Waals surface area contributed by atoms with Gasteiger partial charge in [0.2, 0.25) is 5.91 Å². The van der Waals surface area contributed by atoms with Gasteiger partial charge in [-0.3, -0.25) is 9.59 Å². The molecular formula is C25H25N5O2. The highest BCUT2D eigenvalue weighted by molar-refractivity contribution is 5.90. The molecule has 2 aromatic heterocycles. The van der Waals surface area contributed by atoms with E-state index < -0.39 is 11.9 Å². The summed E-state index contributed by atoms with van der Waals surface area (Å²) in [6, 6.07) is 14.9. The lowest BCUT2D eigenvalue weighted by atomic mass is 10.0. The van der Waals surface area contributed by atoms with Gasteiger partial charge in [-0.1, -0.05) is 36.4 Å². The van der Waals surface area contributed by atoms with Gasteiger partial charge in [-0.2, -0.15) is 5.26 Å². The van der Waals surface area contributed by atoms with Crippen molar-refractivity contribution in [3.8, 4) is 6.19 Å². The molecule has 7 heteroatoms. The molecule has 0 spiro atoms. The molecule has 2 amide bonds. The average molecular weight is 428 g/mol. The number of nitriles is 1. The van der Waals surface area contributed by atoms with Gasteiger partial charge in [-0.15, -0.1) is 0 Å². The molecule has 0 radical (unpaired) electrons. The summed E-state index contributed by atoms with van der Waals surface area (Å²) in [5, 5.41) is 14.3. The Morgan fingerprint density at radius 1 is 1.00 bits per heavy atom. The van der Waals surface area contributed by atoms with Crippen LogP contribution in [-0.2, 0) is 22.4 Å². The van der Waals surface area contributed by atoms with Crippen molar-refractivity contribution in [3.63, 3.8) is 0 Å². The summed E-state index contributed by atoms with van der Waals surface area (Å²) in [6.07, 6.45) is 6.80. The summed E-state index contributed by atoms with van der Waals surface area (Å²) in [6.45, 7) is 1.99. The zero-order chi connectivity index (χ0) is 22.5. The third-order valence-corrected chi connectivity index (χ3v) is 5.73. The number of H-pyrrole nitrogens is 2. The molecule has 32 heavy (non-hydrogen) atoms. The number of para-hydroxylation sites is 2. The average Bonchev–Trinajstić information content (AvgIpc) is 3.42. The second-order valence-electron chi connectivity index (χ2n) is 7.73. The molecule has 4 rings (SSSR count). The predicted octanol–water partition coefficient (Wildman–Crippen LogP) is 3.64. The number of carbonyl (C=O) groups is 2. The van der Waals surface area contributed by atoms with E-state index in [1.54, 1.807) is 6.92 Å². The molecule has 3 N–H and O–H groups in total. The Bertz CT molecular complexity index is 1300. The summed E-state index contributed by atoms with van der Waals surface area (Å²) >= 11 is 0. The summed E-state index contributed by atoms with van der Waals surface area (Å²) in [7, 11) is 0. The zero-order valence-electron chi connectivity index (χ0n) is 17.9. The Hall–Kier alpha value is -4.05. The Kier molecular flexibility index (Phi) is 6.22. The lowest BCUT2D eigenvalue weighted by Crippen LogP contribution is -2.48. The quantitative estimate of drug-likeness (QED) is 0.295. The van der Waals surface area contributed by atoms with Crippen molar-refractivity contribution in [2.45, 2.75) is 32.2 Å². The van der Waals surface area contributed by atoms with Crippen LogP contribution in [0.15, 0.2) is 60.9 Å². The maximum absolute atomic E-state index is 13.0. The highest BCUT2D eigenvalue weighted by atomic mass is 16.2. The van der Waals surface area contributed by atoms with Gasteiger partial charge in [-0.05, 0) is 36.6 Å². The smallest absolute Gasteiger partial charge is 0.258 e. The molecule has 4 aromatic rings. The first-order valence-electron chi connectivity index (χ1n) is 10.7. The molecule has 2 heterocycles. The number of aryl methyl sites for hydroxylation is 1. The number of rotatable bonds is 8. The maximum atomic E-state index is 13.0. The van der Waals surface area contributed by atoms with Crippen LogP contribution >= 0.6 is 0 Å². The number of hydrogen-bond acceptors (Lipinski definition) is 3. The minimum atomic E-state index is -0.815. The first kappa shape index (κ1) is 21.2. The number of likely N-dealkylation sites (N-methyl/N-ethyl adjacent to an activating group) is 1. The molecule has 0 saturated heterocycles. The van der Waals surface area contributed by atoms with Crippen LogP contribution in [0, 0.1) is 11.5 Å². The molecule has 0 saturated carbocycles. The number of carbonyl (C=O) groups excluding carboxylic acids is 2. The molecule has 0 fully saturated rings. The largest absolute Gasteiger partial charge is 0.361 e. The summed E-state index contributed by atoms with van der Waals surface area (Å²) in [4.78, 5) is 33.3. The third-order valence-electron chi connectivity index (χ3n) is 5.73. The fourth-order valence-corrected chi connectivity index (χ4v) is 4.04. The predicted molar refractivity (Wildman–Crippen MR) is 124 cm³/mol. The van der Waals surface area contributed by atoms with Crippen molar-refractivity contribution in [2.24, 2.45) is 0 Å². The molecule has 0 aliphatic carbocycles. The van der Waals surface area contributed by atoms with Gasteiger partial charge in [0, 0.05) is 53.6 Å². The molecule has 0 aliphatic heterocycles. The molecule has 1 atom stereocenters. The Labute approximate surface area is 186 Å². The number of hydrogen-bond donors (Lipinski definition) is 3. The van der Waals surface area contributed by atoms with Crippen molar-refractivity contribution in [3.05, 3.63) is 72.1 Å². The number of aromatic nitrogens is 2. The van der Waals surface area contributed by atoms with E-state index in [9.17, 15) is 14.9 Å². The fourth-order valence-electron chi connectivity index (χ4n) is 4.04. The van der Waals surface area contributed by atoms with Crippen molar-refractivity contribution < 1.29 is 9.59 Å². The van der Waals surface area contributed by atoms with Gasteiger partial charge in [0.05, 0.1) is 0 Å². The zero-order valence-corrected chi connectivity index (χ0v) is 17.9. The number of fused-ring (bicyclic) bond motifs is 2. The molecule has 7 nitrogen and oxygen atoms in total. The van der Waals surface area contributed by atoms with Crippen LogP contribution in [-0.4, -0.2) is 39.3 Å². The van der Waals surface area contributed by atoms with Crippen molar-refractivity contribution in [1.29, 1.82) is 5.26 Å². The van der Waals surface area contributed by atoms with E-state index >= 15 is 0 Å². The second kappa shape index (κ2) is 9.40. The molecule has 2 aromatic carbocycles. The lowest BCUT2D eigenvalue weighted by Gasteiger charge is -2.21. The Morgan fingerprint density at radius 2 is 1.59 bits per heavy atom. The number of aromatic amines is 2. The Balaban J connectivity index is 1.49. The first-order chi connectivity index (χ1) is 15.6. The van der Waals surface area contributed by atoms with Crippen LogP contribution in [0.5, 0.6) is 0 Å². The molecule has 162 valence electrons. The number of benzene rings is 2. The minimum Gasteiger partial charge on any atom is -0.361 e. The number of nitrogens with one attached hydrogen (secondary N) is 3. The first-order valence-corrected chi connectivity index (χ1v) is 10.7. The number of amides is 2. The molecule has 1 unspecified atom stereocenters. The fraction of sp³-hybridized carbons (Fsp3) is 0.240. The maximum Gasteiger partial charge on any atom is 0.258 e. The van der Waals surface area contributed by atoms with Crippen LogP contribution in [0.2, 0.25) is 0 Å². The van der Waals surface area contributed by atoms with Gasteiger partial charge in [0.25, 0.3) is 5.91 Å². The highest BCUT2D eigenvalue weighted by Gasteiger charge is 2.26. The van der Waals surface area contributed by atoms with Crippen LogP contribution in [0.3, 0.4) is 0 Å². The third kappa shape index (κ3) is 4.35. The van der Waals surface area contributed by atoms with Gasteiger partial charge < -0.3 is 15.3 Å². The van der Waals surface area contributed by atoms with E-state index in [-0.39, 0.29) is 18.9 Å². The summed E-state index contributed by atoms with van der Waals surface area (Å²) in [5.74, 6) is -0.622.